The van der Waals surface area contributed by atoms with Crippen LogP contribution in [0.25, 0.3) is 0 Å². The monoisotopic (exact) mass is 176 g/mol. The lowest BCUT2D eigenvalue weighted by atomic mass is 9.93. The highest BCUT2D eigenvalue weighted by molar-refractivity contribution is 5.43. The van der Waals surface area contributed by atoms with Crippen molar-refractivity contribution in [2.24, 2.45) is 5.92 Å². The van der Waals surface area contributed by atoms with E-state index in [0.717, 1.165) is 5.56 Å². The number of benzene rings is 1. The molecule has 0 fully saturated rings. The zero-order chi connectivity index (χ0) is 9.59. The van der Waals surface area contributed by atoms with Crippen LogP contribution in [0.2, 0.25) is 0 Å². The number of aryl methyl sites for hydroxylation is 1. The highest BCUT2D eigenvalue weighted by Gasteiger charge is 2.34. The first kappa shape index (κ1) is 8.76. The molecule has 0 spiro atoms. The molecule has 1 aliphatic rings. The zero-order valence-corrected chi connectivity index (χ0v) is 8.41. The quantitative estimate of drug-likeness (QED) is 0.644. The zero-order valence-electron chi connectivity index (χ0n) is 8.41. The number of rotatable bonds is 0. The number of hydrogen-bond donors (Lipinski definition) is 1. The van der Waals surface area contributed by atoms with Gasteiger partial charge in [0.2, 0.25) is 0 Å². The maximum atomic E-state index is 9.94. The SMILES string of the molecule is Cc1cccc2c1C(C)C(C)C2O. The van der Waals surface area contributed by atoms with Crippen molar-refractivity contribution >= 4 is 0 Å². The van der Waals surface area contributed by atoms with E-state index in [4.69, 9.17) is 0 Å². The Morgan fingerprint density at radius 2 is 1.92 bits per heavy atom. The summed E-state index contributed by atoms with van der Waals surface area (Å²) < 4.78 is 0. The van der Waals surface area contributed by atoms with Gasteiger partial charge < -0.3 is 5.11 Å². The minimum Gasteiger partial charge on any atom is -0.388 e. The molecule has 70 valence electrons. The van der Waals surface area contributed by atoms with Crippen LogP contribution in [0.4, 0.5) is 0 Å². The van der Waals surface area contributed by atoms with Gasteiger partial charge in [-0.05, 0) is 35.4 Å². The third-order valence-corrected chi connectivity index (χ3v) is 3.42. The van der Waals surface area contributed by atoms with E-state index in [1.165, 1.54) is 11.1 Å². The molecule has 3 unspecified atom stereocenters. The van der Waals surface area contributed by atoms with Crippen molar-refractivity contribution in [1.29, 1.82) is 0 Å². The topological polar surface area (TPSA) is 20.2 Å². The summed E-state index contributed by atoms with van der Waals surface area (Å²) in [6.07, 6.45) is -0.259. The van der Waals surface area contributed by atoms with Gasteiger partial charge in [0, 0.05) is 0 Å². The van der Waals surface area contributed by atoms with Crippen molar-refractivity contribution in [3.63, 3.8) is 0 Å². The van der Waals surface area contributed by atoms with Gasteiger partial charge in [0.15, 0.2) is 0 Å². The lowest BCUT2D eigenvalue weighted by molar-refractivity contribution is 0.123. The van der Waals surface area contributed by atoms with Gasteiger partial charge in [0.05, 0.1) is 6.10 Å². The van der Waals surface area contributed by atoms with E-state index in [1.807, 2.05) is 12.1 Å². The van der Waals surface area contributed by atoms with Crippen LogP contribution in [0.3, 0.4) is 0 Å². The van der Waals surface area contributed by atoms with E-state index < -0.39 is 0 Å². The highest BCUT2D eigenvalue weighted by Crippen LogP contribution is 2.45. The number of hydrogen-bond acceptors (Lipinski definition) is 1. The van der Waals surface area contributed by atoms with E-state index in [2.05, 4.69) is 26.8 Å². The molecule has 3 atom stereocenters. The Labute approximate surface area is 79.4 Å². The predicted octanol–water partition coefficient (Wildman–Crippen LogP) is 2.78. The van der Waals surface area contributed by atoms with Crippen LogP contribution in [0.5, 0.6) is 0 Å². The summed E-state index contributed by atoms with van der Waals surface area (Å²) in [6.45, 7) is 6.45. The molecule has 13 heavy (non-hydrogen) atoms. The number of aliphatic hydroxyl groups is 1. The van der Waals surface area contributed by atoms with Gasteiger partial charge in [-0.3, -0.25) is 0 Å². The van der Waals surface area contributed by atoms with Crippen LogP contribution >= 0.6 is 0 Å². The standard InChI is InChI=1S/C12H16O/c1-7-5-4-6-10-11(7)8(2)9(3)12(10)13/h4-6,8-9,12-13H,1-3H3. The van der Waals surface area contributed by atoms with E-state index in [9.17, 15) is 5.11 Å². The Balaban J connectivity index is 2.60. The summed E-state index contributed by atoms with van der Waals surface area (Å²) in [7, 11) is 0. The first-order valence-corrected chi connectivity index (χ1v) is 4.90. The molecule has 0 saturated carbocycles. The van der Waals surface area contributed by atoms with Crippen molar-refractivity contribution in [3.05, 3.63) is 34.9 Å². The second-order valence-electron chi connectivity index (χ2n) is 4.17. The smallest absolute Gasteiger partial charge is 0.0824 e. The molecule has 0 amide bonds. The summed E-state index contributed by atoms with van der Waals surface area (Å²) in [5.41, 5.74) is 3.82. The predicted molar refractivity (Wildman–Crippen MR) is 53.7 cm³/mol. The fourth-order valence-electron chi connectivity index (χ4n) is 2.40. The van der Waals surface area contributed by atoms with Crippen LogP contribution in [0.1, 0.15) is 42.6 Å². The second kappa shape index (κ2) is 2.85. The second-order valence-corrected chi connectivity index (χ2v) is 4.17. The molecular formula is C12H16O. The molecule has 2 rings (SSSR count). The van der Waals surface area contributed by atoms with Crippen molar-refractivity contribution in [2.45, 2.75) is 32.8 Å². The molecule has 1 aliphatic carbocycles. The van der Waals surface area contributed by atoms with Crippen LogP contribution in [-0.2, 0) is 0 Å². The van der Waals surface area contributed by atoms with Crippen LogP contribution in [0, 0.1) is 12.8 Å². The fraction of sp³-hybridized carbons (Fsp3) is 0.500. The third kappa shape index (κ3) is 1.11. The molecule has 0 aliphatic heterocycles. The summed E-state index contributed by atoms with van der Waals surface area (Å²) in [5, 5.41) is 9.94. The molecule has 0 saturated heterocycles. The molecular weight excluding hydrogens is 160 g/mol. The van der Waals surface area contributed by atoms with Crippen molar-refractivity contribution in [2.75, 3.05) is 0 Å². The maximum absolute atomic E-state index is 9.94. The van der Waals surface area contributed by atoms with Crippen molar-refractivity contribution in [3.8, 4) is 0 Å². The molecule has 1 aromatic rings. The van der Waals surface area contributed by atoms with E-state index in [1.54, 1.807) is 0 Å². The minimum absolute atomic E-state index is 0.259. The third-order valence-electron chi connectivity index (χ3n) is 3.42. The lowest BCUT2D eigenvalue weighted by Gasteiger charge is -2.13. The van der Waals surface area contributed by atoms with E-state index in [0.29, 0.717) is 11.8 Å². The first-order valence-electron chi connectivity index (χ1n) is 4.90. The van der Waals surface area contributed by atoms with Gasteiger partial charge in [0.25, 0.3) is 0 Å². The molecule has 1 N–H and O–H groups in total. The molecule has 0 heterocycles. The van der Waals surface area contributed by atoms with E-state index in [-0.39, 0.29) is 6.10 Å². The first-order chi connectivity index (χ1) is 6.13. The molecule has 0 bridgehead atoms. The van der Waals surface area contributed by atoms with Gasteiger partial charge in [-0.15, -0.1) is 0 Å². The van der Waals surface area contributed by atoms with Gasteiger partial charge in [0.1, 0.15) is 0 Å². The maximum Gasteiger partial charge on any atom is 0.0824 e. The van der Waals surface area contributed by atoms with Gasteiger partial charge in [-0.2, -0.15) is 0 Å². The highest BCUT2D eigenvalue weighted by atomic mass is 16.3. The Bertz CT molecular complexity index is 330. The summed E-state index contributed by atoms with van der Waals surface area (Å²) in [5.74, 6) is 0.849. The Morgan fingerprint density at radius 1 is 1.23 bits per heavy atom. The average molecular weight is 176 g/mol. The average Bonchev–Trinajstić information content (AvgIpc) is 2.33. The van der Waals surface area contributed by atoms with Gasteiger partial charge in [-0.1, -0.05) is 32.0 Å². The normalized spacial score (nSPS) is 31.8. The summed E-state index contributed by atoms with van der Waals surface area (Å²) in [4.78, 5) is 0. The van der Waals surface area contributed by atoms with Crippen LogP contribution < -0.4 is 0 Å². The number of aliphatic hydroxyl groups excluding tert-OH is 1. The Morgan fingerprint density at radius 3 is 2.54 bits per heavy atom. The Kier molecular flexibility index (Phi) is 1.92. The lowest BCUT2D eigenvalue weighted by Crippen LogP contribution is -2.04. The summed E-state index contributed by atoms with van der Waals surface area (Å²) in [6, 6.07) is 6.20. The van der Waals surface area contributed by atoms with Gasteiger partial charge in [-0.25, -0.2) is 0 Å². The minimum atomic E-state index is -0.259. The molecule has 0 radical (unpaired) electrons. The molecule has 1 heteroatoms. The molecule has 1 nitrogen and oxygen atoms in total. The van der Waals surface area contributed by atoms with Gasteiger partial charge >= 0.3 is 0 Å². The van der Waals surface area contributed by atoms with Crippen LogP contribution in [0.15, 0.2) is 18.2 Å². The molecule has 0 aromatic heterocycles. The van der Waals surface area contributed by atoms with E-state index >= 15 is 0 Å². The number of fused-ring (bicyclic) bond motifs is 1. The molecule has 1 aromatic carbocycles. The summed E-state index contributed by atoms with van der Waals surface area (Å²) >= 11 is 0. The Hall–Kier alpha value is -0.820. The fourth-order valence-corrected chi connectivity index (χ4v) is 2.40. The van der Waals surface area contributed by atoms with Crippen LogP contribution in [-0.4, -0.2) is 5.11 Å². The van der Waals surface area contributed by atoms with Crippen molar-refractivity contribution in [1.82, 2.24) is 0 Å². The van der Waals surface area contributed by atoms with Crippen molar-refractivity contribution < 1.29 is 5.11 Å². The largest absolute Gasteiger partial charge is 0.388 e.